The number of pyridine rings is 1. The molecular weight excluding hydrogens is 352 g/mol. The lowest BCUT2D eigenvalue weighted by Gasteiger charge is -2.07. The van der Waals surface area contributed by atoms with Crippen molar-refractivity contribution >= 4 is 49.3 Å². The van der Waals surface area contributed by atoms with Crippen molar-refractivity contribution in [1.29, 1.82) is 0 Å². The van der Waals surface area contributed by atoms with Crippen molar-refractivity contribution in [1.82, 2.24) is 4.98 Å². The zero-order valence-electron chi connectivity index (χ0n) is 8.15. The normalized spacial score (nSPS) is 10.4. The molecule has 2 aromatic rings. The van der Waals surface area contributed by atoms with Crippen LogP contribution in [0.4, 0.5) is 5.69 Å². The van der Waals surface area contributed by atoms with Crippen LogP contribution in [0, 0.1) is 0 Å². The maximum atomic E-state index is 5.88. The number of hydrogen-bond acceptors (Lipinski definition) is 3. The molecule has 1 aromatic heterocycles. The molecule has 0 unspecified atom stereocenters. The molecule has 0 radical (unpaired) electrons. The third-order valence-electron chi connectivity index (χ3n) is 1.90. The molecule has 5 heteroatoms. The molecule has 0 atom stereocenters. The monoisotopic (exact) mass is 358 g/mol. The summed E-state index contributed by atoms with van der Waals surface area (Å²) in [5.41, 5.74) is 6.56. The molecule has 0 aliphatic rings. The van der Waals surface area contributed by atoms with Crippen LogP contribution < -0.4 is 5.73 Å². The number of nitrogens with zero attached hydrogens (tertiary/aromatic N) is 1. The van der Waals surface area contributed by atoms with Gasteiger partial charge in [-0.3, -0.25) is 4.98 Å². The Bertz CT molecular complexity index is 497. The zero-order valence-corrected chi connectivity index (χ0v) is 12.1. The molecule has 0 aliphatic heterocycles. The number of rotatable bonds is 2. The van der Waals surface area contributed by atoms with Crippen LogP contribution in [-0.4, -0.2) is 4.98 Å². The molecule has 16 heavy (non-hydrogen) atoms. The maximum absolute atomic E-state index is 5.88. The minimum atomic E-state index is 0.680. The van der Waals surface area contributed by atoms with Gasteiger partial charge in [0.1, 0.15) is 0 Å². The van der Waals surface area contributed by atoms with Crippen LogP contribution in [0.3, 0.4) is 0 Å². The summed E-state index contributed by atoms with van der Waals surface area (Å²) in [5.74, 6) is 0. The van der Waals surface area contributed by atoms with E-state index in [4.69, 9.17) is 5.73 Å². The van der Waals surface area contributed by atoms with Gasteiger partial charge in [0.25, 0.3) is 0 Å². The van der Waals surface area contributed by atoms with Gasteiger partial charge in [-0.05, 0) is 34.1 Å². The molecule has 2 N–H and O–H groups in total. The van der Waals surface area contributed by atoms with E-state index in [0.717, 1.165) is 18.7 Å². The second kappa shape index (κ2) is 5.21. The van der Waals surface area contributed by atoms with E-state index in [1.165, 1.54) is 0 Å². The largest absolute Gasteiger partial charge is 0.397 e. The van der Waals surface area contributed by atoms with E-state index < -0.39 is 0 Å². The standard InChI is InChI=1S/C11H8Br2N2S/c12-7-2-1-3-8(4-7)16-11-9(13)5-15-6-10(11)14/h1-6H,14H2. The summed E-state index contributed by atoms with van der Waals surface area (Å²) < 4.78 is 1.97. The summed E-state index contributed by atoms with van der Waals surface area (Å²) in [6, 6.07) is 8.09. The van der Waals surface area contributed by atoms with Gasteiger partial charge in [0.2, 0.25) is 0 Å². The Labute approximate surface area is 115 Å². The summed E-state index contributed by atoms with van der Waals surface area (Å²) in [5, 5.41) is 0. The fourth-order valence-corrected chi connectivity index (χ4v) is 3.22. The quantitative estimate of drug-likeness (QED) is 0.866. The van der Waals surface area contributed by atoms with Crippen LogP contribution in [-0.2, 0) is 0 Å². The molecule has 0 saturated carbocycles. The van der Waals surface area contributed by atoms with Crippen molar-refractivity contribution in [3.8, 4) is 0 Å². The molecule has 1 aromatic carbocycles. The first-order chi connectivity index (χ1) is 7.66. The highest BCUT2D eigenvalue weighted by molar-refractivity contribution is 9.10. The number of anilines is 1. The van der Waals surface area contributed by atoms with E-state index in [-0.39, 0.29) is 0 Å². The Balaban J connectivity index is 2.34. The van der Waals surface area contributed by atoms with Crippen molar-refractivity contribution in [3.05, 3.63) is 45.6 Å². The number of hydrogen-bond donors (Lipinski definition) is 1. The maximum Gasteiger partial charge on any atom is 0.0653 e. The minimum Gasteiger partial charge on any atom is -0.397 e. The molecule has 2 rings (SSSR count). The SMILES string of the molecule is Nc1cncc(Br)c1Sc1cccc(Br)c1. The molecular formula is C11H8Br2N2S. The van der Waals surface area contributed by atoms with Crippen LogP contribution in [0.1, 0.15) is 0 Å². The summed E-state index contributed by atoms with van der Waals surface area (Å²) in [6.07, 6.45) is 3.40. The van der Waals surface area contributed by atoms with Gasteiger partial charge in [0, 0.05) is 15.6 Å². The fourth-order valence-electron chi connectivity index (χ4n) is 1.19. The van der Waals surface area contributed by atoms with Crippen LogP contribution in [0.5, 0.6) is 0 Å². The first-order valence-corrected chi connectivity index (χ1v) is 6.89. The van der Waals surface area contributed by atoms with E-state index in [2.05, 4.69) is 42.9 Å². The Morgan fingerprint density at radius 2 is 2.00 bits per heavy atom. The Morgan fingerprint density at radius 1 is 1.19 bits per heavy atom. The second-order valence-corrected chi connectivity index (χ2v) is 5.95. The summed E-state index contributed by atoms with van der Waals surface area (Å²) >= 11 is 8.51. The molecule has 0 aliphatic carbocycles. The van der Waals surface area contributed by atoms with Crippen molar-refractivity contribution in [2.45, 2.75) is 9.79 Å². The molecule has 0 bridgehead atoms. The van der Waals surface area contributed by atoms with Gasteiger partial charge < -0.3 is 5.73 Å². The lowest BCUT2D eigenvalue weighted by molar-refractivity contribution is 1.23. The average Bonchev–Trinajstić information content (AvgIpc) is 2.24. The molecule has 0 fully saturated rings. The molecule has 2 nitrogen and oxygen atoms in total. The lowest BCUT2D eigenvalue weighted by Crippen LogP contribution is -1.90. The lowest BCUT2D eigenvalue weighted by atomic mass is 10.4. The molecule has 0 saturated heterocycles. The predicted molar refractivity (Wildman–Crippen MR) is 74.6 cm³/mol. The van der Waals surface area contributed by atoms with Crippen LogP contribution >= 0.6 is 43.6 Å². The highest BCUT2D eigenvalue weighted by Gasteiger charge is 2.06. The third kappa shape index (κ3) is 2.78. The van der Waals surface area contributed by atoms with Crippen molar-refractivity contribution in [2.75, 3.05) is 5.73 Å². The smallest absolute Gasteiger partial charge is 0.0653 e. The highest BCUT2D eigenvalue weighted by Crippen LogP contribution is 2.37. The van der Waals surface area contributed by atoms with E-state index >= 15 is 0 Å². The highest BCUT2D eigenvalue weighted by atomic mass is 79.9. The van der Waals surface area contributed by atoms with Gasteiger partial charge in [-0.1, -0.05) is 33.8 Å². The van der Waals surface area contributed by atoms with Crippen LogP contribution in [0.25, 0.3) is 0 Å². The summed E-state index contributed by atoms with van der Waals surface area (Å²) in [4.78, 5) is 6.14. The number of nitrogens with two attached hydrogens (primary N) is 1. The van der Waals surface area contributed by atoms with Gasteiger partial charge >= 0.3 is 0 Å². The fraction of sp³-hybridized carbons (Fsp3) is 0. The topological polar surface area (TPSA) is 38.9 Å². The zero-order chi connectivity index (χ0) is 11.5. The second-order valence-electron chi connectivity index (χ2n) is 3.10. The average molecular weight is 360 g/mol. The van der Waals surface area contributed by atoms with Gasteiger partial charge in [-0.2, -0.15) is 0 Å². The summed E-state index contributed by atoms with van der Waals surface area (Å²) in [6.45, 7) is 0. The number of aromatic nitrogens is 1. The van der Waals surface area contributed by atoms with Crippen molar-refractivity contribution in [2.24, 2.45) is 0 Å². The van der Waals surface area contributed by atoms with Crippen LogP contribution in [0.2, 0.25) is 0 Å². The molecule has 1 heterocycles. The van der Waals surface area contributed by atoms with Crippen LogP contribution in [0.15, 0.2) is 55.4 Å². The van der Waals surface area contributed by atoms with Gasteiger partial charge in [-0.25, -0.2) is 0 Å². The summed E-state index contributed by atoms with van der Waals surface area (Å²) in [7, 11) is 0. The van der Waals surface area contributed by atoms with Gasteiger partial charge in [0.15, 0.2) is 0 Å². The Morgan fingerprint density at radius 3 is 2.69 bits per heavy atom. The minimum absolute atomic E-state index is 0.680. The number of nitrogen functional groups attached to an aromatic ring is 1. The first kappa shape index (κ1) is 12.0. The predicted octanol–water partition coefficient (Wildman–Crippen LogP) is 4.34. The third-order valence-corrected chi connectivity index (χ3v) is 4.40. The van der Waals surface area contributed by atoms with Gasteiger partial charge in [-0.15, -0.1) is 0 Å². The van der Waals surface area contributed by atoms with Crippen molar-refractivity contribution in [3.63, 3.8) is 0 Å². The van der Waals surface area contributed by atoms with E-state index in [1.807, 2.05) is 18.2 Å². The Hall–Kier alpha value is -0.520. The van der Waals surface area contributed by atoms with E-state index in [1.54, 1.807) is 24.2 Å². The van der Waals surface area contributed by atoms with Gasteiger partial charge in [0.05, 0.1) is 21.3 Å². The van der Waals surface area contributed by atoms with E-state index in [9.17, 15) is 0 Å². The Kier molecular flexibility index (Phi) is 3.89. The number of benzene rings is 1. The molecule has 0 amide bonds. The van der Waals surface area contributed by atoms with E-state index in [0.29, 0.717) is 5.69 Å². The molecule has 82 valence electrons. The first-order valence-electron chi connectivity index (χ1n) is 4.49. The molecule has 0 spiro atoms. The number of halogens is 2. The van der Waals surface area contributed by atoms with Crippen molar-refractivity contribution < 1.29 is 0 Å².